The van der Waals surface area contributed by atoms with Crippen molar-refractivity contribution < 1.29 is 23.5 Å². The van der Waals surface area contributed by atoms with Gasteiger partial charge in [0.2, 0.25) is 12.3 Å². The molecule has 122 valence electrons. The zero-order valence-electron chi connectivity index (χ0n) is 12.3. The summed E-state index contributed by atoms with van der Waals surface area (Å²) in [4.78, 5) is 37.0. The van der Waals surface area contributed by atoms with Crippen LogP contribution in [0.4, 0.5) is 9.18 Å². The number of rotatable bonds is 3. The number of ether oxygens (including phenoxy) is 1. The summed E-state index contributed by atoms with van der Waals surface area (Å²) in [5.74, 6) is -0.981. The van der Waals surface area contributed by atoms with Crippen LogP contribution in [-0.2, 0) is 27.4 Å². The van der Waals surface area contributed by atoms with E-state index in [1.165, 1.54) is 15.9 Å². The van der Waals surface area contributed by atoms with Gasteiger partial charge >= 0.3 is 6.09 Å². The van der Waals surface area contributed by atoms with Crippen molar-refractivity contribution in [2.24, 2.45) is 5.73 Å². The lowest BCUT2D eigenvalue weighted by molar-refractivity contribution is -0.129. The maximum absolute atomic E-state index is 13.7. The fraction of sp³-hybridized carbons (Fsp3) is 0.400. The van der Waals surface area contributed by atoms with Crippen molar-refractivity contribution >= 4 is 18.4 Å². The molecule has 2 aliphatic rings. The SMILES string of the molecule is NC(=O)[C@@H]1C[C@@H](OC(=O)N2Cc3cccc(F)c3C2)CN1C=O. The summed E-state index contributed by atoms with van der Waals surface area (Å²) in [5, 5.41) is 0. The Labute approximate surface area is 131 Å². The maximum atomic E-state index is 13.7. The third-order valence-electron chi connectivity index (χ3n) is 4.22. The Morgan fingerprint density at radius 2 is 2.13 bits per heavy atom. The average molecular weight is 321 g/mol. The molecule has 1 aromatic carbocycles. The molecule has 2 atom stereocenters. The van der Waals surface area contributed by atoms with E-state index >= 15 is 0 Å². The van der Waals surface area contributed by atoms with Crippen LogP contribution in [-0.4, -0.2) is 46.9 Å². The van der Waals surface area contributed by atoms with E-state index in [9.17, 15) is 18.8 Å². The van der Waals surface area contributed by atoms with Crippen molar-refractivity contribution in [3.63, 3.8) is 0 Å². The lowest BCUT2D eigenvalue weighted by Gasteiger charge is -2.18. The highest BCUT2D eigenvalue weighted by Crippen LogP contribution is 2.27. The summed E-state index contributed by atoms with van der Waals surface area (Å²) in [7, 11) is 0. The summed E-state index contributed by atoms with van der Waals surface area (Å²) >= 11 is 0. The lowest BCUT2D eigenvalue weighted by Crippen LogP contribution is -2.39. The summed E-state index contributed by atoms with van der Waals surface area (Å²) in [6.45, 7) is 0.539. The molecule has 0 radical (unpaired) electrons. The van der Waals surface area contributed by atoms with Gasteiger partial charge in [0.1, 0.15) is 18.0 Å². The number of hydrogen-bond acceptors (Lipinski definition) is 4. The van der Waals surface area contributed by atoms with Gasteiger partial charge in [-0.3, -0.25) is 14.5 Å². The highest BCUT2D eigenvalue weighted by atomic mass is 19.1. The molecule has 2 aliphatic heterocycles. The topological polar surface area (TPSA) is 92.9 Å². The Bertz CT molecular complexity index is 666. The number of hydrogen-bond donors (Lipinski definition) is 1. The van der Waals surface area contributed by atoms with Gasteiger partial charge in [-0.2, -0.15) is 0 Å². The second-order valence-electron chi connectivity index (χ2n) is 5.70. The van der Waals surface area contributed by atoms with Crippen molar-refractivity contribution in [3.8, 4) is 0 Å². The van der Waals surface area contributed by atoms with Gasteiger partial charge in [0, 0.05) is 18.5 Å². The second-order valence-corrected chi connectivity index (χ2v) is 5.70. The number of amides is 3. The summed E-state index contributed by atoms with van der Waals surface area (Å²) in [6, 6.07) is 3.95. The fourth-order valence-electron chi connectivity index (χ4n) is 3.03. The summed E-state index contributed by atoms with van der Waals surface area (Å²) in [5.41, 5.74) is 6.46. The second kappa shape index (κ2) is 5.86. The number of halogens is 1. The minimum atomic E-state index is -0.765. The van der Waals surface area contributed by atoms with E-state index in [1.54, 1.807) is 12.1 Å². The van der Waals surface area contributed by atoms with Crippen LogP contribution in [0.3, 0.4) is 0 Å². The van der Waals surface area contributed by atoms with Crippen LogP contribution >= 0.6 is 0 Å². The zero-order chi connectivity index (χ0) is 16.6. The van der Waals surface area contributed by atoms with Gasteiger partial charge in [-0.15, -0.1) is 0 Å². The zero-order valence-corrected chi connectivity index (χ0v) is 12.3. The van der Waals surface area contributed by atoms with Gasteiger partial charge in [0.15, 0.2) is 0 Å². The minimum absolute atomic E-state index is 0.123. The monoisotopic (exact) mass is 321 g/mol. The quantitative estimate of drug-likeness (QED) is 0.814. The smallest absolute Gasteiger partial charge is 0.410 e. The van der Waals surface area contributed by atoms with E-state index in [4.69, 9.17) is 10.5 Å². The van der Waals surface area contributed by atoms with Gasteiger partial charge < -0.3 is 15.4 Å². The van der Waals surface area contributed by atoms with Crippen LogP contribution in [0.1, 0.15) is 17.5 Å². The van der Waals surface area contributed by atoms with Crippen molar-refractivity contribution in [2.45, 2.75) is 31.7 Å². The van der Waals surface area contributed by atoms with E-state index in [1.807, 2.05) is 0 Å². The van der Waals surface area contributed by atoms with Gasteiger partial charge in [0.25, 0.3) is 0 Å². The van der Waals surface area contributed by atoms with Crippen molar-refractivity contribution in [2.75, 3.05) is 6.54 Å². The minimum Gasteiger partial charge on any atom is -0.444 e. The molecule has 0 saturated carbocycles. The highest BCUT2D eigenvalue weighted by molar-refractivity contribution is 5.82. The molecule has 7 nitrogen and oxygen atoms in total. The van der Waals surface area contributed by atoms with Crippen LogP contribution in [0, 0.1) is 5.82 Å². The molecule has 1 fully saturated rings. The molecule has 0 aromatic heterocycles. The standard InChI is InChI=1S/C15H16FN3O4/c16-12-3-1-2-9-5-18(7-11(9)12)15(22)23-10-4-13(14(17)21)19(6-10)8-20/h1-3,8,10,13H,4-7H2,(H2,17,21)/t10-,13+/m1/s1. The predicted octanol–water partition coefficient (Wildman–Crippen LogP) is 0.362. The Hall–Kier alpha value is -2.64. The first-order valence-corrected chi connectivity index (χ1v) is 7.21. The molecular weight excluding hydrogens is 305 g/mol. The van der Waals surface area contributed by atoms with Crippen LogP contribution in [0.25, 0.3) is 0 Å². The van der Waals surface area contributed by atoms with E-state index < -0.39 is 24.1 Å². The Morgan fingerprint density at radius 1 is 1.35 bits per heavy atom. The van der Waals surface area contributed by atoms with Crippen LogP contribution in [0.2, 0.25) is 0 Å². The van der Waals surface area contributed by atoms with Gasteiger partial charge in [-0.1, -0.05) is 12.1 Å². The normalized spacial score (nSPS) is 22.8. The molecule has 3 amide bonds. The molecule has 8 heteroatoms. The van der Waals surface area contributed by atoms with Gasteiger partial charge in [-0.05, 0) is 11.6 Å². The number of nitrogens with two attached hydrogens (primary N) is 1. The van der Waals surface area contributed by atoms with Crippen LogP contribution in [0.15, 0.2) is 18.2 Å². The summed E-state index contributed by atoms with van der Waals surface area (Å²) in [6.07, 6.45) is -0.500. The first kappa shape index (κ1) is 15.3. The van der Waals surface area contributed by atoms with E-state index in [-0.39, 0.29) is 31.9 Å². The highest BCUT2D eigenvalue weighted by Gasteiger charge is 2.38. The molecule has 23 heavy (non-hydrogen) atoms. The van der Waals surface area contributed by atoms with Crippen molar-refractivity contribution in [1.29, 1.82) is 0 Å². The number of carbonyl (C=O) groups is 3. The molecule has 2 N–H and O–H groups in total. The Morgan fingerprint density at radius 3 is 2.74 bits per heavy atom. The van der Waals surface area contributed by atoms with Crippen LogP contribution in [0.5, 0.6) is 0 Å². The molecular formula is C15H16FN3O4. The number of primary amides is 1. The number of carbonyl (C=O) groups excluding carboxylic acids is 3. The molecule has 3 rings (SSSR count). The van der Waals surface area contributed by atoms with Crippen molar-refractivity contribution in [3.05, 3.63) is 35.1 Å². The van der Waals surface area contributed by atoms with E-state index in [0.29, 0.717) is 12.0 Å². The molecule has 1 saturated heterocycles. The molecule has 2 heterocycles. The molecule has 0 spiro atoms. The van der Waals surface area contributed by atoms with Gasteiger partial charge in [-0.25, -0.2) is 9.18 Å². The largest absolute Gasteiger partial charge is 0.444 e. The number of likely N-dealkylation sites (tertiary alicyclic amines) is 1. The van der Waals surface area contributed by atoms with Crippen LogP contribution < -0.4 is 5.73 Å². The first-order chi connectivity index (χ1) is 11.0. The fourth-order valence-corrected chi connectivity index (χ4v) is 3.03. The molecule has 0 bridgehead atoms. The third-order valence-corrected chi connectivity index (χ3v) is 4.22. The average Bonchev–Trinajstić information content (AvgIpc) is 3.11. The summed E-state index contributed by atoms with van der Waals surface area (Å²) < 4.78 is 19.0. The molecule has 0 unspecified atom stereocenters. The van der Waals surface area contributed by atoms with E-state index in [2.05, 4.69) is 0 Å². The first-order valence-electron chi connectivity index (χ1n) is 7.21. The Balaban J connectivity index is 1.62. The van der Waals surface area contributed by atoms with Crippen molar-refractivity contribution in [1.82, 2.24) is 9.80 Å². The Kier molecular flexibility index (Phi) is 3.89. The third kappa shape index (κ3) is 2.84. The number of fused-ring (bicyclic) bond motifs is 1. The van der Waals surface area contributed by atoms with E-state index in [0.717, 1.165) is 5.56 Å². The maximum Gasteiger partial charge on any atom is 0.410 e. The molecule has 1 aromatic rings. The number of benzene rings is 1. The lowest BCUT2D eigenvalue weighted by atomic mass is 10.1. The predicted molar refractivity (Wildman–Crippen MR) is 76.3 cm³/mol. The number of nitrogens with zero attached hydrogens (tertiary/aromatic N) is 2. The molecule has 0 aliphatic carbocycles. The van der Waals surface area contributed by atoms with Gasteiger partial charge in [0.05, 0.1) is 13.1 Å².